The molecule has 2 nitrogen and oxygen atoms in total. The van der Waals surface area contributed by atoms with Crippen LogP contribution in [-0.2, 0) is 0 Å². The third-order valence-electron chi connectivity index (χ3n) is 2.59. The summed E-state index contributed by atoms with van der Waals surface area (Å²) in [5, 5.41) is 12.8. The largest absolute Gasteiger partial charge is 0.394 e. The van der Waals surface area contributed by atoms with E-state index in [0.29, 0.717) is 6.04 Å². The van der Waals surface area contributed by atoms with Gasteiger partial charge in [-0.15, -0.1) is 0 Å². The van der Waals surface area contributed by atoms with Gasteiger partial charge in [0.2, 0.25) is 0 Å². The van der Waals surface area contributed by atoms with Crippen molar-refractivity contribution in [2.24, 2.45) is 0 Å². The number of aliphatic hydroxyl groups is 1. The standard InChI is InChI=1S/C13H21NO/c1-3-7-11(2)14-13(10-15)12-8-5-4-6-9-12/h4-6,8-9,11,13-15H,3,7,10H2,1-2H3/t11?,13-/m0/s1. The van der Waals surface area contributed by atoms with Crippen molar-refractivity contribution in [1.82, 2.24) is 5.32 Å². The van der Waals surface area contributed by atoms with E-state index in [4.69, 9.17) is 0 Å². The van der Waals surface area contributed by atoms with Gasteiger partial charge in [-0.1, -0.05) is 43.7 Å². The van der Waals surface area contributed by atoms with Crippen LogP contribution >= 0.6 is 0 Å². The van der Waals surface area contributed by atoms with E-state index in [1.54, 1.807) is 0 Å². The lowest BCUT2D eigenvalue weighted by Gasteiger charge is -2.21. The fraction of sp³-hybridized carbons (Fsp3) is 0.538. The SMILES string of the molecule is CCCC(C)N[C@@H](CO)c1ccccc1. The molecule has 2 N–H and O–H groups in total. The summed E-state index contributed by atoms with van der Waals surface area (Å²) in [6.07, 6.45) is 2.31. The fourth-order valence-electron chi connectivity index (χ4n) is 1.80. The molecule has 0 amide bonds. The summed E-state index contributed by atoms with van der Waals surface area (Å²) in [5.41, 5.74) is 1.16. The van der Waals surface area contributed by atoms with Crippen LogP contribution in [0.25, 0.3) is 0 Å². The van der Waals surface area contributed by atoms with Gasteiger partial charge < -0.3 is 10.4 Å². The minimum atomic E-state index is 0.0627. The molecular weight excluding hydrogens is 186 g/mol. The monoisotopic (exact) mass is 207 g/mol. The van der Waals surface area contributed by atoms with Gasteiger partial charge in [-0.3, -0.25) is 0 Å². The molecule has 0 fully saturated rings. The molecule has 0 radical (unpaired) electrons. The Balaban J connectivity index is 2.56. The zero-order valence-corrected chi connectivity index (χ0v) is 9.61. The molecule has 0 aliphatic rings. The summed E-state index contributed by atoms with van der Waals surface area (Å²) in [7, 11) is 0. The summed E-state index contributed by atoms with van der Waals surface area (Å²) >= 11 is 0. The van der Waals surface area contributed by atoms with Gasteiger partial charge in [0, 0.05) is 6.04 Å². The molecule has 0 aliphatic carbocycles. The molecule has 0 aromatic heterocycles. The summed E-state index contributed by atoms with van der Waals surface area (Å²) < 4.78 is 0. The van der Waals surface area contributed by atoms with Crippen LogP contribution in [0.5, 0.6) is 0 Å². The summed E-state index contributed by atoms with van der Waals surface area (Å²) in [6.45, 7) is 4.49. The van der Waals surface area contributed by atoms with Crippen molar-refractivity contribution >= 4 is 0 Å². The van der Waals surface area contributed by atoms with Crippen LogP contribution in [0.3, 0.4) is 0 Å². The van der Waals surface area contributed by atoms with E-state index in [9.17, 15) is 5.11 Å². The lowest BCUT2D eigenvalue weighted by atomic mass is 10.1. The van der Waals surface area contributed by atoms with Crippen molar-refractivity contribution in [3.8, 4) is 0 Å². The second-order valence-electron chi connectivity index (χ2n) is 4.00. The molecule has 0 saturated carbocycles. The number of aliphatic hydroxyl groups excluding tert-OH is 1. The fourth-order valence-corrected chi connectivity index (χ4v) is 1.80. The van der Waals surface area contributed by atoms with Crippen LogP contribution in [0.1, 0.15) is 38.3 Å². The minimum absolute atomic E-state index is 0.0627. The van der Waals surface area contributed by atoms with Crippen molar-refractivity contribution in [1.29, 1.82) is 0 Å². The summed E-state index contributed by atoms with van der Waals surface area (Å²) in [5.74, 6) is 0. The van der Waals surface area contributed by atoms with E-state index in [0.717, 1.165) is 12.0 Å². The van der Waals surface area contributed by atoms with Gasteiger partial charge in [0.25, 0.3) is 0 Å². The Morgan fingerprint density at radius 1 is 1.27 bits per heavy atom. The van der Waals surface area contributed by atoms with Crippen molar-refractivity contribution in [2.75, 3.05) is 6.61 Å². The predicted octanol–water partition coefficient (Wildman–Crippen LogP) is 2.50. The van der Waals surface area contributed by atoms with Crippen LogP contribution in [0, 0.1) is 0 Å². The first-order chi connectivity index (χ1) is 7.27. The number of hydrogen-bond donors (Lipinski definition) is 2. The molecule has 2 atom stereocenters. The van der Waals surface area contributed by atoms with Gasteiger partial charge in [-0.25, -0.2) is 0 Å². The molecule has 15 heavy (non-hydrogen) atoms. The highest BCUT2D eigenvalue weighted by atomic mass is 16.3. The number of benzene rings is 1. The number of rotatable bonds is 6. The molecular formula is C13H21NO. The minimum Gasteiger partial charge on any atom is -0.394 e. The van der Waals surface area contributed by atoms with E-state index in [2.05, 4.69) is 19.2 Å². The van der Waals surface area contributed by atoms with Crippen molar-refractivity contribution in [2.45, 2.75) is 38.8 Å². The third-order valence-corrected chi connectivity index (χ3v) is 2.59. The van der Waals surface area contributed by atoms with Gasteiger partial charge >= 0.3 is 0 Å². The number of nitrogens with one attached hydrogen (secondary N) is 1. The number of hydrogen-bond acceptors (Lipinski definition) is 2. The molecule has 0 spiro atoms. The van der Waals surface area contributed by atoms with E-state index < -0.39 is 0 Å². The molecule has 1 unspecified atom stereocenters. The van der Waals surface area contributed by atoms with E-state index in [1.165, 1.54) is 6.42 Å². The third kappa shape index (κ3) is 4.02. The Labute approximate surface area is 92.3 Å². The highest BCUT2D eigenvalue weighted by molar-refractivity contribution is 5.18. The highest BCUT2D eigenvalue weighted by Crippen LogP contribution is 2.13. The first-order valence-corrected chi connectivity index (χ1v) is 5.69. The van der Waals surface area contributed by atoms with Crippen LogP contribution in [0.15, 0.2) is 30.3 Å². The molecule has 84 valence electrons. The van der Waals surface area contributed by atoms with Crippen LogP contribution in [0.4, 0.5) is 0 Å². The lowest BCUT2D eigenvalue weighted by molar-refractivity contribution is 0.233. The average Bonchev–Trinajstić information content (AvgIpc) is 2.27. The Kier molecular flexibility index (Phi) is 5.37. The second-order valence-corrected chi connectivity index (χ2v) is 4.00. The molecule has 1 rings (SSSR count). The normalized spacial score (nSPS) is 14.9. The van der Waals surface area contributed by atoms with Crippen molar-refractivity contribution in [3.05, 3.63) is 35.9 Å². The zero-order valence-electron chi connectivity index (χ0n) is 9.61. The van der Waals surface area contributed by atoms with Gasteiger partial charge in [0.05, 0.1) is 12.6 Å². The van der Waals surface area contributed by atoms with Gasteiger partial charge in [0.1, 0.15) is 0 Å². The second kappa shape index (κ2) is 6.59. The molecule has 0 aliphatic heterocycles. The maximum atomic E-state index is 9.33. The van der Waals surface area contributed by atoms with Crippen LogP contribution < -0.4 is 5.32 Å². The van der Waals surface area contributed by atoms with Crippen molar-refractivity contribution < 1.29 is 5.11 Å². The molecule has 0 saturated heterocycles. The van der Waals surface area contributed by atoms with Gasteiger partial charge in [-0.05, 0) is 18.9 Å². The first-order valence-electron chi connectivity index (χ1n) is 5.69. The van der Waals surface area contributed by atoms with Gasteiger partial charge in [0.15, 0.2) is 0 Å². The van der Waals surface area contributed by atoms with Crippen LogP contribution in [0.2, 0.25) is 0 Å². The zero-order chi connectivity index (χ0) is 11.1. The lowest BCUT2D eigenvalue weighted by Crippen LogP contribution is -2.32. The Morgan fingerprint density at radius 2 is 1.93 bits per heavy atom. The molecule has 2 heteroatoms. The summed E-state index contributed by atoms with van der Waals surface area (Å²) in [6, 6.07) is 10.6. The molecule has 1 aromatic rings. The smallest absolute Gasteiger partial charge is 0.0626 e. The quantitative estimate of drug-likeness (QED) is 0.751. The Morgan fingerprint density at radius 3 is 2.47 bits per heavy atom. The molecule has 0 bridgehead atoms. The highest BCUT2D eigenvalue weighted by Gasteiger charge is 2.11. The maximum Gasteiger partial charge on any atom is 0.0626 e. The molecule has 0 heterocycles. The van der Waals surface area contributed by atoms with E-state index >= 15 is 0 Å². The average molecular weight is 207 g/mol. The van der Waals surface area contributed by atoms with Crippen molar-refractivity contribution in [3.63, 3.8) is 0 Å². The maximum absolute atomic E-state index is 9.33. The van der Waals surface area contributed by atoms with E-state index in [1.807, 2.05) is 30.3 Å². The van der Waals surface area contributed by atoms with Crippen LogP contribution in [-0.4, -0.2) is 17.8 Å². The summed E-state index contributed by atoms with van der Waals surface area (Å²) in [4.78, 5) is 0. The Bertz CT molecular complexity index is 260. The predicted molar refractivity (Wildman–Crippen MR) is 63.8 cm³/mol. The molecule has 1 aromatic carbocycles. The van der Waals surface area contributed by atoms with Gasteiger partial charge in [-0.2, -0.15) is 0 Å². The first kappa shape index (κ1) is 12.2. The Hall–Kier alpha value is -0.860. The topological polar surface area (TPSA) is 32.3 Å². The van der Waals surface area contributed by atoms with E-state index in [-0.39, 0.29) is 12.6 Å².